The van der Waals surface area contributed by atoms with E-state index >= 15 is 0 Å². The Labute approximate surface area is 82.2 Å². The first-order chi connectivity index (χ1) is 6.74. The third-order valence-electron chi connectivity index (χ3n) is 2.42. The zero-order valence-corrected chi connectivity index (χ0v) is 7.99. The minimum absolute atomic E-state index is 0.0418. The van der Waals surface area contributed by atoms with Crippen molar-refractivity contribution in [1.29, 1.82) is 0 Å². The highest BCUT2D eigenvalue weighted by Crippen LogP contribution is 2.43. The van der Waals surface area contributed by atoms with E-state index < -0.39 is 0 Å². The molecule has 0 aliphatic carbocycles. The van der Waals surface area contributed by atoms with Crippen molar-refractivity contribution >= 4 is 0 Å². The molecule has 1 aromatic rings. The highest BCUT2D eigenvalue weighted by molar-refractivity contribution is 5.56. The second kappa shape index (κ2) is 3.38. The van der Waals surface area contributed by atoms with E-state index in [1.54, 1.807) is 6.07 Å². The van der Waals surface area contributed by atoms with Crippen molar-refractivity contribution in [3.05, 3.63) is 17.7 Å². The molecule has 76 valence electrons. The zero-order valence-electron chi connectivity index (χ0n) is 7.99. The molecule has 4 heteroatoms. The molecule has 0 fully saturated rings. The number of fused-ring (bicyclic) bond motifs is 1. The monoisotopic (exact) mass is 195 g/mol. The second-order valence-corrected chi connectivity index (χ2v) is 3.28. The molecule has 0 aromatic heterocycles. The van der Waals surface area contributed by atoms with Crippen LogP contribution in [-0.2, 0) is 0 Å². The highest BCUT2D eigenvalue weighted by Gasteiger charge is 2.23. The van der Waals surface area contributed by atoms with Crippen molar-refractivity contribution in [3.63, 3.8) is 0 Å². The van der Waals surface area contributed by atoms with E-state index in [0.29, 0.717) is 18.1 Å². The van der Waals surface area contributed by atoms with Crippen LogP contribution in [-0.4, -0.2) is 18.8 Å². The summed E-state index contributed by atoms with van der Waals surface area (Å²) < 4.78 is 10.3. The fraction of sp³-hybridized carbons (Fsp3) is 0.400. The number of hydrogen-bond donors (Lipinski definition) is 2. The van der Waals surface area contributed by atoms with Crippen molar-refractivity contribution in [2.45, 2.75) is 12.5 Å². The van der Waals surface area contributed by atoms with Crippen LogP contribution in [0, 0.1) is 0 Å². The molecule has 0 spiro atoms. The maximum absolute atomic E-state index is 9.75. The Bertz CT molecular complexity index is 351. The first-order valence-corrected chi connectivity index (χ1v) is 4.52. The lowest BCUT2D eigenvalue weighted by molar-refractivity contribution is 0.250. The van der Waals surface area contributed by atoms with Crippen LogP contribution in [0.15, 0.2) is 12.1 Å². The molecule has 14 heavy (non-hydrogen) atoms. The standard InChI is InChI=1S/C10H13NO3/c1-13-8-3-2-6-7(11)4-5-14-10(6)9(8)12/h2-3,7,12H,4-5,11H2,1H3/t7-/m1/s1. The summed E-state index contributed by atoms with van der Waals surface area (Å²) >= 11 is 0. The van der Waals surface area contributed by atoms with Gasteiger partial charge in [0.25, 0.3) is 0 Å². The SMILES string of the molecule is COc1ccc2c(c1O)OCC[C@H]2N. The quantitative estimate of drug-likeness (QED) is 0.706. The van der Waals surface area contributed by atoms with E-state index in [1.165, 1.54) is 7.11 Å². The van der Waals surface area contributed by atoms with E-state index in [0.717, 1.165) is 12.0 Å². The van der Waals surface area contributed by atoms with Crippen molar-refractivity contribution in [2.24, 2.45) is 5.73 Å². The van der Waals surface area contributed by atoms with Gasteiger partial charge in [0.1, 0.15) is 0 Å². The van der Waals surface area contributed by atoms with Gasteiger partial charge in [0.05, 0.1) is 13.7 Å². The number of methoxy groups -OCH3 is 1. The first-order valence-electron chi connectivity index (χ1n) is 4.52. The Morgan fingerprint density at radius 2 is 2.36 bits per heavy atom. The van der Waals surface area contributed by atoms with Gasteiger partial charge in [-0.05, 0) is 12.1 Å². The topological polar surface area (TPSA) is 64.7 Å². The summed E-state index contributed by atoms with van der Waals surface area (Å²) in [4.78, 5) is 0. The second-order valence-electron chi connectivity index (χ2n) is 3.28. The van der Waals surface area contributed by atoms with E-state index in [4.69, 9.17) is 15.2 Å². The maximum Gasteiger partial charge on any atom is 0.201 e. The van der Waals surface area contributed by atoms with Crippen LogP contribution >= 0.6 is 0 Å². The number of benzene rings is 1. The summed E-state index contributed by atoms with van der Waals surface area (Å²) in [6.07, 6.45) is 0.777. The number of hydrogen-bond acceptors (Lipinski definition) is 4. The molecule has 0 unspecified atom stereocenters. The summed E-state index contributed by atoms with van der Waals surface area (Å²) in [6.45, 7) is 0.537. The summed E-state index contributed by atoms with van der Waals surface area (Å²) in [7, 11) is 1.50. The molecule has 0 saturated heterocycles. The Kier molecular flexibility index (Phi) is 2.21. The predicted molar refractivity (Wildman–Crippen MR) is 51.7 cm³/mol. The summed E-state index contributed by atoms with van der Waals surface area (Å²) in [5.74, 6) is 0.918. The first kappa shape index (κ1) is 9.15. The van der Waals surface area contributed by atoms with E-state index in [1.807, 2.05) is 6.07 Å². The molecule has 1 atom stereocenters. The van der Waals surface area contributed by atoms with Crippen LogP contribution < -0.4 is 15.2 Å². The highest BCUT2D eigenvalue weighted by atomic mass is 16.5. The molecular weight excluding hydrogens is 182 g/mol. The molecular formula is C10H13NO3. The molecule has 1 aliphatic rings. The number of phenols is 1. The number of ether oxygens (including phenoxy) is 2. The van der Waals surface area contributed by atoms with Gasteiger partial charge >= 0.3 is 0 Å². The number of aromatic hydroxyl groups is 1. The van der Waals surface area contributed by atoms with Crippen LogP contribution in [0.1, 0.15) is 18.0 Å². The summed E-state index contributed by atoms with van der Waals surface area (Å²) in [5, 5.41) is 9.75. The van der Waals surface area contributed by atoms with Crippen molar-refractivity contribution in [2.75, 3.05) is 13.7 Å². The van der Waals surface area contributed by atoms with Crippen LogP contribution in [0.25, 0.3) is 0 Å². The fourth-order valence-corrected chi connectivity index (χ4v) is 1.62. The Hall–Kier alpha value is -1.42. The van der Waals surface area contributed by atoms with E-state index in [-0.39, 0.29) is 11.8 Å². The van der Waals surface area contributed by atoms with Crippen LogP contribution in [0.2, 0.25) is 0 Å². The fourth-order valence-electron chi connectivity index (χ4n) is 1.62. The summed E-state index contributed by atoms with van der Waals surface area (Å²) in [6, 6.07) is 3.47. The lowest BCUT2D eigenvalue weighted by Gasteiger charge is -2.24. The molecule has 3 N–H and O–H groups in total. The largest absolute Gasteiger partial charge is 0.502 e. The van der Waals surface area contributed by atoms with E-state index in [2.05, 4.69) is 0 Å². The maximum atomic E-state index is 9.75. The van der Waals surface area contributed by atoms with E-state index in [9.17, 15) is 5.11 Å². The molecule has 4 nitrogen and oxygen atoms in total. The number of nitrogens with two attached hydrogens (primary N) is 1. The molecule has 1 aliphatic heterocycles. The average molecular weight is 195 g/mol. The zero-order chi connectivity index (χ0) is 10.1. The Balaban J connectivity index is 2.52. The van der Waals surface area contributed by atoms with Gasteiger partial charge in [0, 0.05) is 18.0 Å². The Morgan fingerprint density at radius 1 is 1.57 bits per heavy atom. The van der Waals surface area contributed by atoms with Crippen molar-refractivity contribution in [3.8, 4) is 17.2 Å². The molecule has 2 rings (SSSR count). The molecule has 0 radical (unpaired) electrons. The number of rotatable bonds is 1. The van der Waals surface area contributed by atoms with Crippen molar-refractivity contribution in [1.82, 2.24) is 0 Å². The van der Waals surface area contributed by atoms with Gasteiger partial charge in [-0.2, -0.15) is 0 Å². The minimum Gasteiger partial charge on any atom is -0.502 e. The van der Waals surface area contributed by atoms with Crippen LogP contribution in [0.5, 0.6) is 17.2 Å². The molecule has 0 bridgehead atoms. The third kappa shape index (κ3) is 1.28. The molecule has 1 heterocycles. The van der Waals surface area contributed by atoms with Gasteiger partial charge in [-0.25, -0.2) is 0 Å². The lowest BCUT2D eigenvalue weighted by Crippen LogP contribution is -2.20. The average Bonchev–Trinajstić information content (AvgIpc) is 2.20. The van der Waals surface area contributed by atoms with Gasteiger partial charge in [-0.15, -0.1) is 0 Å². The van der Waals surface area contributed by atoms with Crippen LogP contribution in [0.4, 0.5) is 0 Å². The Morgan fingerprint density at radius 3 is 3.07 bits per heavy atom. The van der Waals surface area contributed by atoms with Gasteiger partial charge < -0.3 is 20.3 Å². The molecule has 1 aromatic carbocycles. The summed E-state index contributed by atoms with van der Waals surface area (Å²) in [5.41, 5.74) is 6.72. The van der Waals surface area contributed by atoms with Gasteiger partial charge in [0.15, 0.2) is 11.5 Å². The lowest BCUT2D eigenvalue weighted by atomic mass is 10.0. The van der Waals surface area contributed by atoms with Gasteiger partial charge in [-0.1, -0.05) is 0 Å². The van der Waals surface area contributed by atoms with Gasteiger partial charge in [0.2, 0.25) is 5.75 Å². The number of phenolic OH excluding ortho intramolecular Hbond substituents is 1. The molecule has 0 amide bonds. The smallest absolute Gasteiger partial charge is 0.201 e. The van der Waals surface area contributed by atoms with Gasteiger partial charge in [-0.3, -0.25) is 0 Å². The van der Waals surface area contributed by atoms with Crippen molar-refractivity contribution < 1.29 is 14.6 Å². The minimum atomic E-state index is -0.0597. The third-order valence-corrected chi connectivity index (χ3v) is 2.42. The van der Waals surface area contributed by atoms with Crippen LogP contribution in [0.3, 0.4) is 0 Å². The predicted octanol–water partition coefficient (Wildman–Crippen LogP) is 1.18. The normalized spacial score (nSPS) is 19.7. The molecule has 0 saturated carbocycles.